The van der Waals surface area contributed by atoms with Gasteiger partial charge in [0.05, 0.1) is 6.04 Å². The smallest absolute Gasteiger partial charge is 0.408 e. The van der Waals surface area contributed by atoms with Gasteiger partial charge >= 0.3 is 6.09 Å². The molecule has 2 atom stereocenters. The van der Waals surface area contributed by atoms with E-state index in [0.717, 1.165) is 12.0 Å². The lowest BCUT2D eigenvalue weighted by atomic mass is 9.94. The average molecular weight is 183 g/mol. The number of carbonyl (C=O) groups is 1. The first-order valence-corrected chi connectivity index (χ1v) is 4.71. The maximum absolute atomic E-state index is 11.0. The lowest BCUT2D eigenvalue weighted by Crippen LogP contribution is -2.35. The maximum Gasteiger partial charge on any atom is 0.408 e. The highest BCUT2D eigenvalue weighted by Crippen LogP contribution is 2.22. The second-order valence-corrected chi connectivity index (χ2v) is 3.75. The molecule has 1 amide bonds. The van der Waals surface area contributed by atoms with Crippen LogP contribution in [0.25, 0.3) is 0 Å². The molecule has 1 aliphatic heterocycles. The van der Waals surface area contributed by atoms with E-state index < -0.39 is 0 Å². The van der Waals surface area contributed by atoms with Gasteiger partial charge in [0.1, 0.15) is 6.10 Å². The van der Waals surface area contributed by atoms with Gasteiger partial charge < -0.3 is 10.1 Å². The lowest BCUT2D eigenvalue weighted by molar-refractivity contribution is 0.106. The molecule has 0 aliphatic carbocycles. The van der Waals surface area contributed by atoms with Crippen molar-refractivity contribution in [2.45, 2.75) is 39.3 Å². The van der Waals surface area contributed by atoms with Gasteiger partial charge in [-0.3, -0.25) is 0 Å². The van der Waals surface area contributed by atoms with Gasteiger partial charge in [0.2, 0.25) is 0 Å². The minimum atomic E-state index is -0.321. The minimum Gasteiger partial charge on any atom is -0.443 e. The quantitative estimate of drug-likeness (QED) is 0.680. The van der Waals surface area contributed by atoms with Crippen molar-refractivity contribution in [3.05, 3.63) is 12.2 Å². The van der Waals surface area contributed by atoms with Crippen LogP contribution in [-0.4, -0.2) is 18.2 Å². The van der Waals surface area contributed by atoms with Gasteiger partial charge in [-0.2, -0.15) is 0 Å². The summed E-state index contributed by atoms with van der Waals surface area (Å²) in [7, 11) is 0. The molecule has 1 rings (SSSR count). The van der Waals surface area contributed by atoms with Gasteiger partial charge in [0.25, 0.3) is 0 Å². The Labute approximate surface area is 79.2 Å². The number of nitrogens with one attached hydrogen (secondary N) is 1. The first kappa shape index (κ1) is 10.1. The summed E-state index contributed by atoms with van der Waals surface area (Å²) >= 11 is 0. The Morgan fingerprint density at radius 2 is 2.31 bits per heavy atom. The molecule has 1 heterocycles. The summed E-state index contributed by atoms with van der Waals surface area (Å²) in [5.41, 5.74) is 1.03. The molecule has 0 bridgehead atoms. The van der Waals surface area contributed by atoms with Crippen molar-refractivity contribution in [3.63, 3.8) is 0 Å². The fraction of sp³-hybridized carbons (Fsp3) is 0.700. The summed E-state index contributed by atoms with van der Waals surface area (Å²) in [5, 5.41) is 2.78. The van der Waals surface area contributed by atoms with E-state index >= 15 is 0 Å². The largest absolute Gasteiger partial charge is 0.443 e. The number of rotatable bonds is 3. The Morgan fingerprint density at radius 1 is 1.69 bits per heavy atom. The molecule has 0 spiro atoms. The van der Waals surface area contributed by atoms with Crippen molar-refractivity contribution in [2.75, 3.05) is 0 Å². The molecular formula is C10H17NO2. The molecule has 13 heavy (non-hydrogen) atoms. The molecular weight excluding hydrogens is 166 g/mol. The Kier molecular flexibility index (Phi) is 2.96. The summed E-state index contributed by atoms with van der Waals surface area (Å²) in [4.78, 5) is 11.0. The van der Waals surface area contributed by atoms with E-state index in [4.69, 9.17) is 4.74 Å². The molecule has 1 saturated heterocycles. The highest BCUT2D eigenvalue weighted by Gasteiger charge is 2.36. The molecule has 1 N–H and O–H groups in total. The summed E-state index contributed by atoms with van der Waals surface area (Å²) in [5.74, 6) is 0.326. The number of carbonyl (C=O) groups excluding carboxylic acids is 1. The number of ether oxygens (including phenoxy) is 1. The molecule has 0 aromatic rings. The molecule has 74 valence electrons. The van der Waals surface area contributed by atoms with Gasteiger partial charge in [-0.05, 0) is 12.3 Å². The van der Waals surface area contributed by atoms with E-state index in [9.17, 15) is 4.79 Å². The minimum absolute atomic E-state index is 0.00231. The summed E-state index contributed by atoms with van der Waals surface area (Å²) in [6.07, 6.45) is 0.496. The van der Waals surface area contributed by atoms with E-state index in [1.807, 2.05) is 20.8 Å². The Balaban J connectivity index is 2.71. The van der Waals surface area contributed by atoms with Crippen LogP contribution in [0.15, 0.2) is 12.2 Å². The third-order valence-corrected chi connectivity index (χ3v) is 2.40. The predicted molar refractivity (Wildman–Crippen MR) is 51.5 cm³/mol. The Hall–Kier alpha value is -0.990. The molecule has 1 aliphatic rings. The van der Waals surface area contributed by atoms with Crippen molar-refractivity contribution in [1.29, 1.82) is 0 Å². The summed E-state index contributed by atoms with van der Waals surface area (Å²) in [6.45, 7) is 10.0. The number of hydrogen-bond donors (Lipinski definition) is 1. The number of hydrogen-bond acceptors (Lipinski definition) is 2. The van der Waals surface area contributed by atoms with E-state index in [0.29, 0.717) is 5.92 Å². The van der Waals surface area contributed by atoms with Crippen LogP contribution in [0.2, 0.25) is 0 Å². The van der Waals surface area contributed by atoms with Crippen LogP contribution in [0.5, 0.6) is 0 Å². The van der Waals surface area contributed by atoms with Gasteiger partial charge in [-0.15, -0.1) is 0 Å². The second kappa shape index (κ2) is 3.81. The van der Waals surface area contributed by atoms with Crippen molar-refractivity contribution in [1.82, 2.24) is 5.32 Å². The molecule has 3 heteroatoms. The molecule has 0 radical (unpaired) electrons. The van der Waals surface area contributed by atoms with Gasteiger partial charge in [0.15, 0.2) is 0 Å². The molecule has 0 aromatic heterocycles. The zero-order valence-electron chi connectivity index (χ0n) is 8.46. The van der Waals surface area contributed by atoms with Crippen molar-refractivity contribution in [3.8, 4) is 0 Å². The van der Waals surface area contributed by atoms with Crippen LogP contribution in [-0.2, 0) is 4.74 Å². The molecule has 0 unspecified atom stereocenters. The number of cyclic esters (lactones) is 1. The lowest BCUT2D eigenvalue weighted by Gasteiger charge is -2.21. The fourth-order valence-electron chi connectivity index (χ4n) is 1.51. The van der Waals surface area contributed by atoms with Crippen LogP contribution >= 0.6 is 0 Å². The van der Waals surface area contributed by atoms with E-state index in [1.54, 1.807) is 0 Å². The van der Waals surface area contributed by atoms with Gasteiger partial charge in [-0.1, -0.05) is 32.9 Å². The summed E-state index contributed by atoms with van der Waals surface area (Å²) in [6, 6.07) is -0.00231. The monoisotopic (exact) mass is 183 g/mol. The fourth-order valence-corrected chi connectivity index (χ4v) is 1.51. The summed E-state index contributed by atoms with van der Waals surface area (Å²) < 4.78 is 5.15. The van der Waals surface area contributed by atoms with E-state index in [2.05, 4.69) is 11.9 Å². The Bertz CT molecular complexity index is 223. The highest BCUT2D eigenvalue weighted by atomic mass is 16.6. The third-order valence-electron chi connectivity index (χ3n) is 2.40. The van der Waals surface area contributed by atoms with Crippen LogP contribution in [0.3, 0.4) is 0 Å². The van der Waals surface area contributed by atoms with E-state index in [-0.39, 0.29) is 18.2 Å². The second-order valence-electron chi connectivity index (χ2n) is 3.75. The number of alkyl carbamates (subject to hydrolysis) is 1. The maximum atomic E-state index is 11.0. The SMILES string of the molecule is C=C(CC)[C@@H]1NC(=O)O[C@@H]1C(C)C. The van der Waals surface area contributed by atoms with Gasteiger partial charge in [-0.25, -0.2) is 4.79 Å². The average Bonchev–Trinajstić information content (AvgIpc) is 2.46. The van der Waals surface area contributed by atoms with Gasteiger partial charge in [0, 0.05) is 0 Å². The van der Waals surface area contributed by atoms with E-state index in [1.165, 1.54) is 0 Å². The van der Waals surface area contributed by atoms with Crippen molar-refractivity contribution in [2.24, 2.45) is 5.92 Å². The van der Waals surface area contributed by atoms with Crippen LogP contribution < -0.4 is 5.32 Å². The molecule has 0 saturated carbocycles. The normalized spacial score (nSPS) is 27.2. The van der Waals surface area contributed by atoms with Crippen LogP contribution in [0.1, 0.15) is 27.2 Å². The zero-order chi connectivity index (χ0) is 10.0. The van der Waals surface area contributed by atoms with Crippen molar-refractivity contribution < 1.29 is 9.53 Å². The molecule has 0 aromatic carbocycles. The van der Waals surface area contributed by atoms with Crippen LogP contribution in [0.4, 0.5) is 4.79 Å². The topological polar surface area (TPSA) is 38.3 Å². The first-order chi connectivity index (χ1) is 6.06. The number of amides is 1. The third kappa shape index (κ3) is 2.02. The zero-order valence-corrected chi connectivity index (χ0v) is 8.46. The first-order valence-electron chi connectivity index (χ1n) is 4.71. The standard InChI is InChI=1S/C10H17NO2/c1-5-7(4)8-9(6(2)3)13-10(12)11-8/h6,8-9H,4-5H2,1-3H3,(H,11,12)/t8-,9+/m0/s1. The Morgan fingerprint density at radius 3 is 2.77 bits per heavy atom. The molecule has 3 nitrogen and oxygen atoms in total. The highest BCUT2D eigenvalue weighted by molar-refractivity contribution is 5.71. The van der Waals surface area contributed by atoms with Crippen LogP contribution in [0, 0.1) is 5.92 Å². The predicted octanol–water partition coefficient (Wildman–Crippen LogP) is 2.09. The van der Waals surface area contributed by atoms with Crippen molar-refractivity contribution >= 4 is 6.09 Å². The molecule has 1 fully saturated rings.